The Balaban J connectivity index is 2.48. The van der Waals surface area contributed by atoms with Crippen molar-refractivity contribution in [3.8, 4) is 0 Å². The van der Waals surface area contributed by atoms with Gasteiger partial charge in [-0.2, -0.15) is 0 Å². The standard InChI is InChI=1S/C11H21NO2/c1-4-14-9(13)7-11(12)6-5-10(2,3)8-11/h4-8,12H2,1-3H3. The molecule has 0 saturated heterocycles. The molecule has 0 amide bonds. The average molecular weight is 199 g/mol. The maximum atomic E-state index is 11.3. The maximum absolute atomic E-state index is 11.3. The first-order chi connectivity index (χ1) is 6.37. The van der Waals surface area contributed by atoms with Gasteiger partial charge in [0.1, 0.15) is 0 Å². The third-order valence-corrected chi connectivity index (χ3v) is 2.93. The molecule has 0 aromatic heterocycles. The van der Waals surface area contributed by atoms with E-state index in [1.54, 1.807) is 0 Å². The molecule has 1 atom stereocenters. The Kier molecular flexibility index (Phi) is 3.20. The Labute approximate surface area is 86.0 Å². The van der Waals surface area contributed by atoms with Crippen LogP contribution in [0.4, 0.5) is 0 Å². The molecule has 3 nitrogen and oxygen atoms in total. The normalized spacial score (nSPS) is 30.3. The van der Waals surface area contributed by atoms with Crippen LogP contribution in [0.3, 0.4) is 0 Å². The number of ether oxygens (including phenoxy) is 1. The summed E-state index contributed by atoms with van der Waals surface area (Å²) in [6.07, 6.45) is 3.31. The average Bonchev–Trinajstić information content (AvgIpc) is 2.25. The summed E-state index contributed by atoms with van der Waals surface area (Å²) in [7, 11) is 0. The largest absolute Gasteiger partial charge is 0.466 e. The molecule has 1 aliphatic rings. The zero-order chi connectivity index (χ0) is 10.8. The van der Waals surface area contributed by atoms with Crippen molar-refractivity contribution in [1.82, 2.24) is 0 Å². The van der Waals surface area contributed by atoms with E-state index in [0.29, 0.717) is 13.0 Å². The molecule has 1 fully saturated rings. The van der Waals surface area contributed by atoms with Gasteiger partial charge < -0.3 is 10.5 Å². The Bertz CT molecular complexity index is 225. The molecule has 1 saturated carbocycles. The first-order valence-electron chi connectivity index (χ1n) is 5.31. The fraction of sp³-hybridized carbons (Fsp3) is 0.909. The Morgan fingerprint density at radius 1 is 1.43 bits per heavy atom. The summed E-state index contributed by atoms with van der Waals surface area (Å²) in [4.78, 5) is 11.3. The van der Waals surface area contributed by atoms with Crippen molar-refractivity contribution in [2.24, 2.45) is 11.1 Å². The van der Waals surface area contributed by atoms with Crippen LogP contribution in [0.25, 0.3) is 0 Å². The van der Waals surface area contributed by atoms with Crippen LogP contribution in [0.2, 0.25) is 0 Å². The molecule has 1 rings (SSSR count). The number of rotatable bonds is 3. The first-order valence-corrected chi connectivity index (χ1v) is 5.31. The van der Waals surface area contributed by atoms with E-state index < -0.39 is 0 Å². The van der Waals surface area contributed by atoms with Gasteiger partial charge in [0.2, 0.25) is 0 Å². The Hall–Kier alpha value is -0.570. The molecule has 0 aromatic rings. The van der Waals surface area contributed by atoms with Gasteiger partial charge in [-0.25, -0.2) is 0 Å². The van der Waals surface area contributed by atoms with Crippen LogP contribution in [-0.2, 0) is 9.53 Å². The van der Waals surface area contributed by atoms with Gasteiger partial charge in [-0.05, 0) is 31.6 Å². The minimum absolute atomic E-state index is 0.160. The smallest absolute Gasteiger partial charge is 0.307 e. The van der Waals surface area contributed by atoms with E-state index in [1.165, 1.54) is 0 Å². The molecule has 3 heteroatoms. The summed E-state index contributed by atoms with van der Waals surface area (Å²) >= 11 is 0. The summed E-state index contributed by atoms with van der Waals surface area (Å²) in [5.41, 5.74) is 6.12. The molecule has 0 radical (unpaired) electrons. The van der Waals surface area contributed by atoms with E-state index in [0.717, 1.165) is 19.3 Å². The molecular weight excluding hydrogens is 178 g/mol. The van der Waals surface area contributed by atoms with E-state index in [2.05, 4.69) is 13.8 Å². The van der Waals surface area contributed by atoms with E-state index in [4.69, 9.17) is 10.5 Å². The van der Waals surface area contributed by atoms with E-state index in [9.17, 15) is 4.79 Å². The van der Waals surface area contributed by atoms with Crippen LogP contribution in [0, 0.1) is 5.41 Å². The van der Waals surface area contributed by atoms with Gasteiger partial charge in [0.05, 0.1) is 13.0 Å². The second kappa shape index (κ2) is 3.89. The van der Waals surface area contributed by atoms with Gasteiger partial charge in [0.25, 0.3) is 0 Å². The Morgan fingerprint density at radius 2 is 2.07 bits per heavy atom. The van der Waals surface area contributed by atoms with Crippen LogP contribution >= 0.6 is 0 Å². The van der Waals surface area contributed by atoms with Crippen molar-refractivity contribution in [2.45, 2.75) is 52.0 Å². The third kappa shape index (κ3) is 2.98. The summed E-state index contributed by atoms with van der Waals surface area (Å²) in [5.74, 6) is -0.160. The van der Waals surface area contributed by atoms with Crippen LogP contribution in [-0.4, -0.2) is 18.1 Å². The van der Waals surface area contributed by atoms with Gasteiger partial charge in [-0.15, -0.1) is 0 Å². The molecule has 14 heavy (non-hydrogen) atoms. The first kappa shape index (κ1) is 11.5. The van der Waals surface area contributed by atoms with Crippen LogP contribution in [0.5, 0.6) is 0 Å². The van der Waals surface area contributed by atoms with E-state index in [-0.39, 0.29) is 16.9 Å². The van der Waals surface area contributed by atoms with Crippen molar-refractivity contribution in [3.63, 3.8) is 0 Å². The SMILES string of the molecule is CCOC(=O)CC1(N)CCC(C)(C)C1. The molecule has 0 spiro atoms. The number of hydrogen-bond donors (Lipinski definition) is 1. The molecular formula is C11H21NO2. The quantitative estimate of drug-likeness (QED) is 0.706. The monoisotopic (exact) mass is 199 g/mol. The van der Waals surface area contributed by atoms with E-state index >= 15 is 0 Å². The van der Waals surface area contributed by atoms with Crippen molar-refractivity contribution in [2.75, 3.05) is 6.61 Å². The summed E-state index contributed by atoms with van der Waals surface area (Å²) in [5, 5.41) is 0. The molecule has 0 bridgehead atoms. The van der Waals surface area contributed by atoms with Gasteiger partial charge in [0, 0.05) is 5.54 Å². The second-order valence-electron chi connectivity index (χ2n) is 5.19. The highest BCUT2D eigenvalue weighted by atomic mass is 16.5. The van der Waals surface area contributed by atoms with Crippen molar-refractivity contribution >= 4 is 5.97 Å². The van der Waals surface area contributed by atoms with Crippen LogP contribution < -0.4 is 5.73 Å². The van der Waals surface area contributed by atoms with Crippen molar-refractivity contribution in [3.05, 3.63) is 0 Å². The van der Waals surface area contributed by atoms with Gasteiger partial charge in [0.15, 0.2) is 0 Å². The molecule has 0 aliphatic heterocycles. The predicted molar refractivity (Wildman–Crippen MR) is 55.8 cm³/mol. The lowest BCUT2D eigenvalue weighted by Crippen LogP contribution is -2.40. The zero-order valence-corrected chi connectivity index (χ0v) is 9.43. The molecule has 2 N–H and O–H groups in total. The summed E-state index contributed by atoms with van der Waals surface area (Å²) in [6, 6.07) is 0. The molecule has 0 aromatic carbocycles. The fourth-order valence-electron chi connectivity index (χ4n) is 2.37. The topological polar surface area (TPSA) is 52.3 Å². The van der Waals surface area contributed by atoms with Gasteiger partial charge in [-0.1, -0.05) is 13.8 Å². The number of nitrogens with two attached hydrogens (primary N) is 1. The molecule has 0 heterocycles. The summed E-state index contributed by atoms with van der Waals surface area (Å²) in [6.45, 7) is 6.66. The van der Waals surface area contributed by atoms with E-state index in [1.807, 2.05) is 6.92 Å². The van der Waals surface area contributed by atoms with Gasteiger partial charge in [-0.3, -0.25) is 4.79 Å². The zero-order valence-electron chi connectivity index (χ0n) is 9.43. The third-order valence-electron chi connectivity index (χ3n) is 2.93. The lowest BCUT2D eigenvalue weighted by atomic mass is 9.86. The molecule has 82 valence electrons. The number of hydrogen-bond acceptors (Lipinski definition) is 3. The van der Waals surface area contributed by atoms with Crippen LogP contribution in [0.15, 0.2) is 0 Å². The Morgan fingerprint density at radius 3 is 2.50 bits per heavy atom. The number of carbonyl (C=O) groups excluding carboxylic acids is 1. The highest BCUT2D eigenvalue weighted by Crippen LogP contribution is 2.43. The maximum Gasteiger partial charge on any atom is 0.307 e. The summed E-state index contributed by atoms with van der Waals surface area (Å²) < 4.78 is 4.92. The fourth-order valence-corrected chi connectivity index (χ4v) is 2.37. The van der Waals surface area contributed by atoms with Crippen molar-refractivity contribution < 1.29 is 9.53 Å². The molecule has 1 unspecified atom stereocenters. The minimum Gasteiger partial charge on any atom is -0.466 e. The predicted octanol–water partition coefficient (Wildman–Crippen LogP) is 1.85. The highest BCUT2D eigenvalue weighted by molar-refractivity contribution is 5.71. The number of esters is 1. The lowest BCUT2D eigenvalue weighted by molar-refractivity contribution is -0.144. The van der Waals surface area contributed by atoms with Crippen molar-refractivity contribution in [1.29, 1.82) is 0 Å². The second-order valence-corrected chi connectivity index (χ2v) is 5.19. The highest BCUT2D eigenvalue weighted by Gasteiger charge is 2.41. The number of carbonyl (C=O) groups is 1. The molecule has 1 aliphatic carbocycles. The van der Waals surface area contributed by atoms with Gasteiger partial charge >= 0.3 is 5.97 Å². The minimum atomic E-state index is -0.324. The lowest BCUT2D eigenvalue weighted by Gasteiger charge is -2.25. The van der Waals surface area contributed by atoms with Crippen LogP contribution in [0.1, 0.15) is 46.5 Å².